The fourth-order valence-electron chi connectivity index (χ4n) is 2.80. The van der Waals surface area contributed by atoms with Crippen LogP contribution < -0.4 is 5.32 Å². The van der Waals surface area contributed by atoms with E-state index < -0.39 is 0 Å². The molecule has 1 aromatic rings. The number of hydrogen-bond donors (Lipinski definition) is 1. The van der Waals surface area contributed by atoms with E-state index in [4.69, 9.17) is 4.98 Å². The Kier molecular flexibility index (Phi) is 4.79. The molecule has 18 heavy (non-hydrogen) atoms. The lowest BCUT2D eigenvalue weighted by molar-refractivity contribution is 0.347. The molecule has 1 aromatic heterocycles. The Balaban J connectivity index is 2.15. The molecule has 0 spiro atoms. The summed E-state index contributed by atoms with van der Waals surface area (Å²) >= 11 is 1.95. The molecule has 1 fully saturated rings. The highest BCUT2D eigenvalue weighted by molar-refractivity contribution is 7.11. The number of nitrogens with one attached hydrogen (secondary N) is 1. The Morgan fingerprint density at radius 3 is 2.50 bits per heavy atom. The Morgan fingerprint density at radius 2 is 1.94 bits per heavy atom. The fourth-order valence-corrected chi connectivity index (χ4v) is 4.20. The summed E-state index contributed by atoms with van der Waals surface area (Å²) in [5, 5.41) is 4.67. The highest BCUT2D eigenvalue weighted by Gasteiger charge is 2.24. The molecule has 102 valence electrons. The van der Waals surface area contributed by atoms with E-state index in [0.29, 0.717) is 5.92 Å². The number of hydrogen-bond acceptors (Lipinski definition) is 3. The van der Waals surface area contributed by atoms with Crippen LogP contribution >= 0.6 is 11.3 Å². The summed E-state index contributed by atoms with van der Waals surface area (Å²) in [6, 6.07) is 0. The van der Waals surface area contributed by atoms with E-state index in [0.717, 1.165) is 18.4 Å². The van der Waals surface area contributed by atoms with Gasteiger partial charge in [-0.1, -0.05) is 33.6 Å². The van der Waals surface area contributed by atoms with Gasteiger partial charge in [0.05, 0.1) is 10.7 Å². The Morgan fingerprint density at radius 1 is 1.28 bits per heavy atom. The predicted molar refractivity (Wildman–Crippen MR) is 79.3 cm³/mol. The van der Waals surface area contributed by atoms with Crippen LogP contribution in [0.2, 0.25) is 0 Å². The van der Waals surface area contributed by atoms with Crippen LogP contribution in [-0.4, -0.2) is 12.0 Å². The van der Waals surface area contributed by atoms with Crippen molar-refractivity contribution in [1.82, 2.24) is 10.3 Å². The van der Waals surface area contributed by atoms with Gasteiger partial charge in [-0.3, -0.25) is 0 Å². The van der Waals surface area contributed by atoms with E-state index in [9.17, 15) is 0 Å². The molecule has 3 heteroatoms. The second-order valence-electron chi connectivity index (χ2n) is 6.00. The van der Waals surface area contributed by atoms with Crippen molar-refractivity contribution < 1.29 is 0 Å². The molecule has 2 nitrogen and oxygen atoms in total. The molecule has 0 atom stereocenters. The van der Waals surface area contributed by atoms with Crippen LogP contribution in [0.3, 0.4) is 0 Å². The van der Waals surface area contributed by atoms with Crippen LogP contribution in [-0.2, 0) is 6.54 Å². The van der Waals surface area contributed by atoms with Gasteiger partial charge in [-0.2, -0.15) is 0 Å². The standard InChI is InChI=1S/C15H26N2S/c1-10(2)14-13(9-16-4)18-15(17-14)12-7-5-11(3)6-8-12/h10-12,16H,5-9H2,1-4H3. The summed E-state index contributed by atoms with van der Waals surface area (Å²) in [6.07, 6.45) is 5.43. The number of rotatable bonds is 4. The molecule has 1 N–H and O–H groups in total. The number of thiazole rings is 1. The molecule has 0 saturated heterocycles. The first-order valence-corrected chi connectivity index (χ1v) is 8.07. The summed E-state index contributed by atoms with van der Waals surface area (Å²) in [4.78, 5) is 6.40. The quantitative estimate of drug-likeness (QED) is 0.880. The maximum Gasteiger partial charge on any atom is 0.0962 e. The van der Waals surface area contributed by atoms with E-state index in [1.807, 2.05) is 18.4 Å². The number of aromatic nitrogens is 1. The summed E-state index contributed by atoms with van der Waals surface area (Å²) in [5.74, 6) is 2.19. The Bertz CT molecular complexity index is 376. The van der Waals surface area contributed by atoms with Crippen LogP contribution in [0.1, 0.15) is 73.9 Å². The molecule has 1 aliphatic carbocycles. The van der Waals surface area contributed by atoms with Gasteiger partial charge in [0.1, 0.15) is 0 Å². The fraction of sp³-hybridized carbons (Fsp3) is 0.800. The van der Waals surface area contributed by atoms with Crippen LogP contribution in [0.5, 0.6) is 0 Å². The highest BCUT2D eigenvalue weighted by atomic mass is 32.1. The van der Waals surface area contributed by atoms with Crippen molar-refractivity contribution in [1.29, 1.82) is 0 Å². The van der Waals surface area contributed by atoms with Gasteiger partial charge in [-0.25, -0.2) is 4.98 Å². The first-order chi connectivity index (χ1) is 8.61. The maximum absolute atomic E-state index is 4.96. The molecule has 1 aliphatic rings. The first-order valence-electron chi connectivity index (χ1n) is 7.25. The second kappa shape index (κ2) is 6.16. The second-order valence-corrected chi connectivity index (χ2v) is 7.12. The van der Waals surface area contributed by atoms with E-state index in [-0.39, 0.29) is 0 Å². The van der Waals surface area contributed by atoms with Crippen molar-refractivity contribution in [2.24, 2.45) is 5.92 Å². The van der Waals surface area contributed by atoms with Crippen molar-refractivity contribution in [3.8, 4) is 0 Å². The smallest absolute Gasteiger partial charge is 0.0962 e. The van der Waals surface area contributed by atoms with Crippen LogP contribution in [0, 0.1) is 5.92 Å². The van der Waals surface area contributed by atoms with Crippen molar-refractivity contribution in [3.63, 3.8) is 0 Å². The molecule has 0 unspecified atom stereocenters. The van der Waals surface area contributed by atoms with Gasteiger partial charge in [0.25, 0.3) is 0 Å². The van der Waals surface area contributed by atoms with E-state index in [1.165, 1.54) is 41.3 Å². The van der Waals surface area contributed by atoms with E-state index in [2.05, 4.69) is 26.1 Å². The predicted octanol–water partition coefficient (Wildman–Crippen LogP) is 4.28. The van der Waals surface area contributed by atoms with Crippen LogP contribution in [0.4, 0.5) is 0 Å². The summed E-state index contributed by atoms with van der Waals surface area (Å²) in [5.41, 5.74) is 1.32. The van der Waals surface area contributed by atoms with Gasteiger partial charge >= 0.3 is 0 Å². The van der Waals surface area contributed by atoms with Gasteiger partial charge in [-0.05, 0) is 31.7 Å². The third-order valence-electron chi connectivity index (χ3n) is 3.99. The molecular formula is C15H26N2S. The molecule has 0 amide bonds. The molecule has 0 bridgehead atoms. The lowest BCUT2D eigenvalue weighted by Gasteiger charge is -2.24. The minimum Gasteiger partial charge on any atom is -0.315 e. The maximum atomic E-state index is 4.96. The van der Waals surface area contributed by atoms with Gasteiger partial charge in [0.2, 0.25) is 0 Å². The highest BCUT2D eigenvalue weighted by Crippen LogP contribution is 2.39. The zero-order valence-electron chi connectivity index (χ0n) is 12.1. The zero-order chi connectivity index (χ0) is 13.1. The summed E-state index contributed by atoms with van der Waals surface area (Å²) in [6.45, 7) is 7.85. The van der Waals surface area contributed by atoms with Gasteiger partial charge in [-0.15, -0.1) is 11.3 Å². The monoisotopic (exact) mass is 266 g/mol. The van der Waals surface area contributed by atoms with Crippen molar-refractivity contribution >= 4 is 11.3 Å². The molecule has 0 aliphatic heterocycles. The van der Waals surface area contributed by atoms with Crippen LogP contribution in [0.25, 0.3) is 0 Å². The van der Waals surface area contributed by atoms with Crippen LogP contribution in [0.15, 0.2) is 0 Å². The zero-order valence-corrected chi connectivity index (χ0v) is 12.9. The lowest BCUT2D eigenvalue weighted by atomic mass is 9.83. The van der Waals surface area contributed by atoms with E-state index in [1.54, 1.807) is 0 Å². The van der Waals surface area contributed by atoms with Crippen molar-refractivity contribution in [2.45, 2.75) is 64.8 Å². The SMILES string of the molecule is CNCc1sc(C2CCC(C)CC2)nc1C(C)C. The normalized spacial score (nSPS) is 24.7. The van der Waals surface area contributed by atoms with Crippen molar-refractivity contribution in [3.05, 3.63) is 15.6 Å². The van der Waals surface area contributed by atoms with Gasteiger partial charge in [0.15, 0.2) is 0 Å². The van der Waals surface area contributed by atoms with E-state index >= 15 is 0 Å². The molecular weight excluding hydrogens is 240 g/mol. The third-order valence-corrected chi connectivity index (χ3v) is 5.23. The molecule has 2 rings (SSSR count). The molecule has 1 heterocycles. The van der Waals surface area contributed by atoms with Gasteiger partial charge < -0.3 is 5.32 Å². The first kappa shape index (κ1) is 14.0. The minimum absolute atomic E-state index is 0.542. The largest absolute Gasteiger partial charge is 0.315 e. The Labute approximate surface area is 115 Å². The molecule has 0 aromatic carbocycles. The topological polar surface area (TPSA) is 24.9 Å². The van der Waals surface area contributed by atoms with Gasteiger partial charge in [0, 0.05) is 17.3 Å². The minimum atomic E-state index is 0.542. The lowest BCUT2D eigenvalue weighted by Crippen LogP contribution is -2.10. The summed E-state index contributed by atoms with van der Waals surface area (Å²) < 4.78 is 0. The average molecular weight is 266 g/mol. The Hall–Kier alpha value is -0.410. The third kappa shape index (κ3) is 3.12. The molecule has 1 saturated carbocycles. The average Bonchev–Trinajstić information content (AvgIpc) is 2.75. The van der Waals surface area contributed by atoms with Crippen molar-refractivity contribution in [2.75, 3.05) is 7.05 Å². The number of nitrogens with zero attached hydrogens (tertiary/aromatic N) is 1. The molecule has 0 radical (unpaired) electrons. The summed E-state index contributed by atoms with van der Waals surface area (Å²) in [7, 11) is 2.02.